The molecule has 7 nitrogen and oxygen atoms in total. The Balaban J connectivity index is 0.00000200. The number of hydrogen-bond donors (Lipinski definition) is 1. The summed E-state index contributed by atoms with van der Waals surface area (Å²) >= 11 is 0. The summed E-state index contributed by atoms with van der Waals surface area (Å²) in [5, 5.41) is 0. The zero-order valence-electron chi connectivity index (χ0n) is 11.3. The Bertz CT molecular complexity index is 765. The van der Waals surface area contributed by atoms with Crippen LogP contribution in [0, 0.1) is 6.92 Å². The number of aromatic nitrogens is 2. The van der Waals surface area contributed by atoms with Crippen LogP contribution < -0.4 is 39.8 Å². The van der Waals surface area contributed by atoms with Crippen molar-refractivity contribution in [2.75, 3.05) is 4.72 Å². The van der Waals surface area contributed by atoms with Crippen LogP contribution in [0.3, 0.4) is 0 Å². The van der Waals surface area contributed by atoms with E-state index in [1.54, 1.807) is 49.0 Å². The van der Waals surface area contributed by atoms with E-state index in [2.05, 4.69) is 0 Å². The summed E-state index contributed by atoms with van der Waals surface area (Å²) in [6.45, 7) is 1.55. The molecule has 0 amide bonds. The predicted octanol–water partition coefficient (Wildman–Crippen LogP) is -2.64. The number of nitrogens with zero attached hydrogens (tertiary/aromatic N) is 2. The fourth-order valence-corrected chi connectivity index (χ4v) is 2.30. The van der Waals surface area contributed by atoms with Crippen LogP contribution in [0.25, 0.3) is 5.69 Å². The molecule has 2 rings (SSSR count). The molecule has 0 radical (unpaired) electrons. The molecular weight excluding hydrogens is 293 g/mol. The molecule has 2 aromatic rings. The van der Waals surface area contributed by atoms with Crippen molar-refractivity contribution in [2.45, 2.75) is 6.92 Å². The molecule has 0 spiro atoms. The molecule has 102 valence electrons. The van der Waals surface area contributed by atoms with E-state index in [0.29, 0.717) is 11.4 Å². The number of rotatable bonds is 3. The van der Waals surface area contributed by atoms with Crippen molar-refractivity contribution in [3.63, 3.8) is 0 Å². The summed E-state index contributed by atoms with van der Waals surface area (Å²) in [6, 6.07) is 8.71. The summed E-state index contributed by atoms with van der Waals surface area (Å²) in [6.07, 6.45) is 0. The van der Waals surface area contributed by atoms with Crippen LogP contribution in [-0.2, 0) is 17.4 Å². The molecular formula is C11H12N3NaO4S. The summed E-state index contributed by atoms with van der Waals surface area (Å²) in [4.78, 5) is 12.2. The van der Waals surface area contributed by atoms with Gasteiger partial charge in [-0.3, -0.25) is 14.2 Å². The minimum absolute atomic E-state index is 0. The molecule has 9 heteroatoms. The second kappa shape index (κ2) is 6.15. The van der Waals surface area contributed by atoms with Gasteiger partial charge in [0, 0.05) is 7.05 Å². The van der Waals surface area contributed by atoms with Crippen LogP contribution >= 0.6 is 0 Å². The van der Waals surface area contributed by atoms with E-state index in [-0.39, 0.29) is 35.2 Å². The van der Waals surface area contributed by atoms with Crippen LogP contribution in [0.5, 0.6) is 0 Å². The quantitative estimate of drug-likeness (QED) is 0.495. The molecule has 1 heterocycles. The van der Waals surface area contributed by atoms with Crippen molar-refractivity contribution in [3.05, 3.63) is 46.4 Å². The van der Waals surface area contributed by atoms with Gasteiger partial charge in [-0.05, 0) is 19.1 Å². The number of para-hydroxylation sites is 1. The van der Waals surface area contributed by atoms with E-state index in [4.69, 9.17) is 0 Å². The molecule has 1 N–H and O–H groups in total. The van der Waals surface area contributed by atoms with Crippen LogP contribution in [0.1, 0.15) is 5.69 Å². The minimum atomic E-state index is -4.73. The van der Waals surface area contributed by atoms with Gasteiger partial charge in [0.05, 0.1) is 11.4 Å². The molecule has 0 aliphatic rings. The van der Waals surface area contributed by atoms with Crippen molar-refractivity contribution >= 4 is 16.0 Å². The Hall–Kier alpha value is -1.06. The maximum Gasteiger partial charge on any atom is 1.00 e. The molecule has 1 aromatic carbocycles. The number of benzene rings is 1. The van der Waals surface area contributed by atoms with E-state index in [1.807, 2.05) is 0 Å². The molecule has 20 heavy (non-hydrogen) atoms. The second-order valence-corrected chi connectivity index (χ2v) is 5.11. The van der Waals surface area contributed by atoms with Gasteiger partial charge in [-0.2, -0.15) is 0 Å². The van der Waals surface area contributed by atoms with Gasteiger partial charge in [0.2, 0.25) is 0 Å². The van der Waals surface area contributed by atoms with E-state index < -0.39 is 15.9 Å². The Morgan fingerprint density at radius 3 is 2.25 bits per heavy atom. The maximum atomic E-state index is 12.2. The Morgan fingerprint density at radius 2 is 1.75 bits per heavy atom. The summed E-state index contributed by atoms with van der Waals surface area (Å²) < 4.78 is 36.7. The zero-order chi connectivity index (χ0) is 14.2. The summed E-state index contributed by atoms with van der Waals surface area (Å²) in [5.41, 5.74) is 0.106. The fourth-order valence-electron chi connectivity index (χ4n) is 1.81. The van der Waals surface area contributed by atoms with Gasteiger partial charge in [0.15, 0.2) is 10.3 Å². The standard InChI is InChI=1S/C11H13N3O4S.Na/c1-8-10(12-19(16,17)18)11(15)14(13(8)2)9-6-4-3-5-7-9;/h3-7,12H,1-2H3,(H,16,17,18);/q;+1/p-1. The van der Waals surface area contributed by atoms with E-state index in [0.717, 1.165) is 0 Å². The molecule has 0 unspecified atom stereocenters. The third-order valence-electron chi connectivity index (χ3n) is 2.78. The maximum absolute atomic E-state index is 12.2. The van der Waals surface area contributed by atoms with E-state index >= 15 is 0 Å². The first-order valence-electron chi connectivity index (χ1n) is 5.39. The minimum Gasteiger partial charge on any atom is -0.731 e. The average molecular weight is 305 g/mol. The van der Waals surface area contributed by atoms with Crippen molar-refractivity contribution < 1.29 is 42.5 Å². The second-order valence-electron chi connectivity index (χ2n) is 3.99. The van der Waals surface area contributed by atoms with Gasteiger partial charge in [-0.25, -0.2) is 13.1 Å². The van der Waals surface area contributed by atoms with Crippen LogP contribution in [0.2, 0.25) is 0 Å². The summed E-state index contributed by atoms with van der Waals surface area (Å²) in [7, 11) is -3.13. The molecule has 0 aliphatic heterocycles. The van der Waals surface area contributed by atoms with E-state index in [1.165, 1.54) is 9.36 Å². The Morgan fingerprint density at radius 1 is 1.20 bits per heavy atom. The van der Waals surface area contributed by atoms with Crippen LogP contribution in [0.15, 0.2) is 35.1 Å². The van der Waals surface area contributed by atoms with Gasteiger partial charge >= 0.3 is 29.6 Å². The van der Waals surface area contributed by atoms with Gasteiger partial charge < -0.3 is 4.55 Å². The molecule has 1 aromatic heterocycles. The van der Waals surface area contributed by atoms with E-state index in [9.17, 15) is 17.8 Å². The third kappa shape index (κ3) is 3.33. The molecule has 0 fully saturated rings. The number of hydrogen-bond acceptors (Lipinski definition) is 4. The largest absolute Gasteiger partial charge is 1.00 e. The molecule has 0 atom stereocenters. The van der Waals surface area contributed by atoms with Gasteiger partial charge in [0.1, 0.15) is 5.69 Å². The summed E-state index contributed by atoms with van der Waals surface area (Å²) in [5.74, 6) is 0. The SMILES string of the molecule is Cc1c(NS(=O)(=O)[O-])c(=O)n(-c2ccccc2)n1C.[Na+]. The first kappa shape index (κ1) is 17.0. The van der Waals surface area contributed by atoms with Crippen molar-refractivity contribution in [3.8, 4) is 5.69 Å². The van der Waals surface area contributed by atoms with Crippen molar-refractivity contribution in [2.24, 2.45) is 7.05 Å². The van der Waals surface area contributed by atoms with Gasteiger partial charge in [0.25, 0.3) is 5.56 Å². The van der Waals surface area contributed by atoms with Crippen LogP contribution in [0.4, 0.5) is 5.69 Å². The first-order chi connectivity index (χ1) is 8.81. The smallest absolute Gasteiger partial charge is 0.731 e. The number of anilines is 1. The molecule has 0 bridgehead atoms. The normalized spacial score (nSPS) is 10.9. The average Bonchev–Trinajstić information content (AvgIpc) is 2.53. The van der Waals surface area contributed by atoms with Crippen molar-refractivity contribution in [1.82, 2.24) is 9.36 Å². The van der Waals surface area contributed by atoms with Gasteiger partial charge in [-0.15, -0.1) is 0 Å². The fraction of sp³-hybridized carbons (Fsp3) is 0.182. The number of nitrogens with one attached hydrogen (secondary N) is 1. The molecule has 0 saturated heterocycles. The molecule has 0 aliphatic carbocycles. The first-order valence-corrected chi connectivity index (χ1v) is 6.80. The Kier molecular flexibility index (Phi) is 5.22. The monoisotopic (exact) mass is 305 g/mol. The third-order valence-corrected chi connectivity index (χ3v) is 3.24. The zero-order valence-corrected chi connectivity index (χ0v) is 14.1. The topological polar surface area (TPSA) is 96.2 Å². The van der Waals surface area contributed by atoms with Gasteiger partial charge in [-0.1, -0.05) is 18.2 Å². The predicted molar refractivity (Wildman–Crippen MR) is 69.1 cm³/mol. The van der Waals surface area contributed by atoms with Crippen molar-refractivity contribution in [1.29, 1.82) is 0 Å². The molecule has 0 saturated carbocycles. The Labute approximate surface area is 138 Å². The van der Waals surface area contributed by atoms with Crippen LogP contribution in [-0.4, -0.2) is 22.3 Å².